The summed E-state index contributed by atoms with van der Waals surface area (Å²) in [5.74, 6) is 1.07. The molecule has 0 bridgehead atoms. The van der Waals surface area contributed by atoms with Crippen molar-refractivity contribution in [3.8, 4) is 0 Å². The zero-order valence-electron chi connectivity index (χ0n) is 16.9. The minimum absolute atomic E-state index is 0.0274. The first-order valence-corrected chi connectivity index (χ1v) is 9.95. The molecule has 0 saturated carbocycles. The molecule has 31 heavy (non-hydrogen) atoms. The van der Waals surface area contributed by atoms with Crippen LogP contribution in [0.4, 0.5) is 24.8 Å². The highest BCUT2D eigenvalue weighted by atomic mass is 19.4. The van der Waals surface area contributed by atoms with Crippen molar-refractivity contribution in [3.05, 3.63) is 53.5 Å². The minimum atomic E-state index is -4.35. The molecule has 0 amide bonds. The number of hydrogen-bond acceptors (Lipinski definition) is 7. The topological polar surface area (TPSA) is 131 Å². The standard InChI is InChI=1S/C21H26F3N7/c22-21(23,24)16-3-1-13(2-4-16)17(11-27)14-5-7-31(8-6-14)20-18(15(9-25)10-26)19(28)29-12-30-20/h1-4,9-10,12,14,17,25H,5-8,11,26-27H2,(H2,28,29,30)/t17-/m0/s1. The summed E-state index contributed by atoms with van der Waals surface area (Å²) < 4.78 is 38.6. The van der Waals surface area contributed by atoms with Crippen molar-refractivity contribution in [2.24, 2.45) is 17.4 Å². The molecule has 1 atom stereocenters. The lowest BCUT2D eigenvalue weighted by Gasteiger charge is -2.37. The molecule has 0 aliphatic carbocycles. The summed E-state index contributed by atoms with van der Waals surface area (Å²) in [5, 5.41) is 7.58. The average molecular weight is 433 g/mol. The van der Waals surface area contributed by atoms with Crippen molar-refractivity contribution >= 4 is 23.4 Å². The van der Waals surface area contributed by atoms with Crippen LogP contribution in [0.2, 0.25) is 0 Å². The van der Waals surface area contributed by atoms with Gasteiger partial charge in [-0.15, -0.1) is 0 Å². The van der Waals surface area contributed by atoms with Crippen molar-refractivity contribution in [1.82, 2.24) is 9.97 Å². The van der Waals surface area contributed by atoms with Crippen molar-refractivity contribution < 1.29 is 13.2 Å². The number of hydrogen-bond donors (Lipinski definition) is 4. The van der Waals surface area contributed by atoms with Gasteiger partial charge in [-0.2, -0.15) is 13.2 Å². The van der Waals surface area contributed by atoms with E-state index in [-0.39, 0.29) is 17.7 Å². The Labute approximate surface area is 178 Å². The van der Waals surface area contributed by atoms with Crippen molar-refractivity contribution in [2.75, 3.05) is 30.3 Å². The van der Waals surface area contributed by atoms with Crippen LogP contribution in [-0.4, -0.2) is 35.8 Å². The maximum Gasteiger partial charge on any atom is 0.416 e. The van der Waals surface area contributed by atoms with Crippen LogP contribution in [0.25, 0.3) is 5.57 Å². The van der Waals surface area contributed by atoms with E-state index in [0.29, 0.717) is 36.6 Å². The lowest BCUT2D eigenvalue weighted by molar-refractivity contribution is -0.137. The van der Waals surface area contributed by atoms with E-state index in [1.165, 1.54) is 24.7 Å². The van der Waals surface area contributed by atoms with Gasteiger partial charge in [0.1, 0.15) is 18.0 Å². The highest BCUT2D eigenvalue weighted by Gasteiger charge is 2.32. The number of nitrogens with two attached hydrogens (primary N) is 3. The van der Waals surface area contributed by atoms with E-state index in [4.69, 9.17) is 22.6 Å². The maximum atomic E-state index is 12.9. The fourth-order valence-electron chi connectivity index (χ4n) is 4.14. The monoisotopic (exact) mass is 433 g/mol. The van der Waals surface area contributed by atoms with Crippen molar-refractivity contribution in [2.45, 2.75) is 24.9 Å². The fourth-order valence-corrected chi connectivity index (χ4v) is 4.14. The van der Waals surface area contributed by atoms with E-state index in [9.17, 15) is 13.2 Å². The van der Waals surface area contributed by atoms with Crippen LogP contribution >= 0.6 is 0 Å². The smallest absolute Gasteiger partial charge is 0.404 e. The molecule has 1 aliphatic heterocycles. The second kappa shape index (κ2) is 9.34. The molecular formula is C21H26F3N7. The van der Waals surface area contributed by atoms with Gasteiger partial charge in [0.2, 0.25) is 0 Å². The third-order valence-electron chi connectivity index (χ3n) is 5.81. The summed E-state index contributed by atoms with van der Waals surface area (Å²) in [6, 6.07) is 5.28. The quantitative estimate of drug-likeness (QED) is 0.518. The Hall–Kier alpha value is -3.14. The van der Waals surface area contributed by atoms with Gasteiger partial charge in [-0.25, -0.2) is 9.97 Å². The number of nitrogen functional groups attached to an aromatic ring is 1. The molecule has 0 unspecified atom stereocenters. The molecule has 10 heteroatoms. The lowest BCUT2D eigenvalue weighted by atomic mass is 9.80. The second-order valence-corrected chi connectivity index (χ2v) is 7.51. The van der Waals surface area contributed by atoms with E-state index in [0.717, 1.165) is 36.8 Å². The molecule has 7 nitrogen and oxygen atoms in total. The SMILES string of the molecule is N=CC(=CN)c1c(N)ncnc1N1CCC([C@@H](CN)c2ccc(C(F)(F)F)cc2)CC1. The summed E-state index contributed by atoms with van der Waals surface area (Å²) >= 11 is 0. The zero-order chi connectivity index (χ0) is 22.6. The van der Waals surface area contributed by atoms with Crippen LogP contribution in [0.1, 0.15) is 35.4 Å². The number of alkyl halides is 3. The van der Waals surface area contributed by atoms with Crippen LogP contribution < -0.4 is 22.1 Å². The van der Waals surface area contributed by atoms with Gasteiger partial charge < -0.3 is 27.5 Å². The number of nitrogens with zero attached hydrogens (tertiary/aromatic N) is 3. The number of allylic oxidation sites excluding steroid dienone is 1. The first kappa shape index (κ1) is 22.5. The third-order valence-corrected chi connectivity index (χ3v) is 5.81. The third kappa shape index (κ3) is 4.79. The molecule has 0 radical (unpaired) electrons. The molecule has 7 N–H and O–H groups in total. The van der Waals surface area contributed by atoms with Gasteiger partial charge in [0.25, 0.3) is 0 Å². The normalized spacial score (nSPS) is 16.9. The molecule has 1 saturated heterocycles. The summed E-state index contributed by atoms with van der Waals surface area (Å²) in [5.41, 5.74) is 18.8. The number of benzene rings is 1. The van der Waals surface area contributed by atoms with Crippen LogP contribution in [0, 0.1) is 11.3 Å². The van der Waals surface area contributed by atoms with Gasteiger partial charge in [-0.1, -0.05) is 12.1 Å². The Balaban J connectivity index is 1.76. The first-order chi connectivity index (χ1) is 14.8. The van der Waals surface area contributed by atoms with Gasteiger partial charge in [0.15, 0.2) is 0 Å². The van der Waals surface area contributed by atoms with Crippen LogP contribution in [0.3, 0.4) is 0 Å². The Kier molecular flexibility index (Phi) is 6.79. The summed E-state index contributed by atoms with van der Waals surface area (Å²) in [7, 11) is 0. The van der Waals surface area contributed by atoms with E-state index >= 15 is 0 Å². The van der Waals surface area contributed by atoms with Gasteiger partial charge in [0, 0.05) is 31.1 Å². The molecule has 2 heterocycles. The molecule has 2 aromatic rings. The maximum absolute atomic E-state index is 12.9. The van der Waals surface area contributed by atoms with Gasteiger partial charge in [-0.3, -0.25) is 0 Å². The Morgan fingerprint density at radius 3 is 2.35 bits per heavy atom. The fraction of sp³-hybridized carbons (Fsp3) is 0.381. The van der Waals surface area contributed by atoms with Crippen LogP contribution in [0.15, 0.2) is 36.8 Å². The molecule has 1 fully saturated rings. The molecule has 0 spiro atoms. The van der Waals surface area contributed by atoms with E-state index in [1.807, 2.05) is 0 Å². The van der Waals surface area contributed by atoms with E-state index in [1.54, 1.807) is 0 Å². The highest BCUT2D eigenvalue weighted by molar-refractivity contribution is 6.12. The summed E-state index contributed by atoms with van der Waals surface area (Å²) in [6.45, 7) is 1.69. The van der Waals surface area contributed by atoms with Gasteiger partial charge in [0.05, 0.1) is 11.1 Å². The number of piperidine rings is 1. The Morgan fingerprint density at radius 1 is 1.19 bits per heavy atom. The molecule has 1 aliphatic rings. The Bertz CT molecular complexity index is 933. The summed E-state index contributed by atoms with van der Waals surface area (Å²) in [4.78, 5) is 10.4. The molecule has 1 aromatic carbocycles. The average Bonchev–Trinajstić information content (AvgIpc) is 2.76. The number of halogens is 3. The van der Waals surface area contributed by atoms with E-state index < -0.39 is 11.7 Å². The molecule has 3 rings (SSSR count). The van der Waals surface area contributed by atoms with Crippen LogP contribution in [0.5, 0.6) is 0 Å². The van der Waals surface area contributed by atoms with Crippen LogP contribution in [-0.2, 0) is 6.18 Å². The summed E-state index contributed by atoms with van der Waals surface area (Å²) in [6.07, 6.45) is 1.01. The molecule has 166 valence electrons. The molecular weight excluding hydrogens is 407 g/mol. The van der Waals surface area contributed by atoms with Gasteiger partial charge in [-0.05, 0) is 48.9 Å². The number of aromatic nitrogens is 2. The number of rotatable bonds is 6. The van der Waals surface area contributed by atoms with Crippen molar-refractivity contribution in [1.29, 1.82) is 5.41 Å². The zero-order valence-corrected chi connectivity index (χ0v) is 16.9. The Morgan fingerprint density at radius 2 is 1.84 bits per heavy atom. The molecule has 1 aromatic heterocycles. The number of nitrogens with one attached hydrogen (secondary N) is 1. The predicted molar refractivity (Wildman–Crippen MR) is 116 cm³/mol. The van der Waals surface area contributed by atoms with Crippen molar-refractivity contribution in [3.63, 3.8) is 0 Å². The minimum Gasteiger partial charge on any atom is -0.404 e. The second-order valence-electron chi connectivity index (χ2n) is 7.51. The highest BCUT2D eigenvalue weighted by Crippen LogP contribution is 2.37. The van der Waals surface area contributed by atoms with E-state index in [2.05, 4.69) is 14.9 Å². The van der Waals surface area contributed by atoms with Gasteiger partial charge >= 0.3 is 6.18 Å². The lowest BCUT2D eigenvalue weighted by Crippen LogP contribution is -2.38. The predicted octanol–water partition coefficient (Wildman–Crippen LogP) is 2.99. The first-order valence-electron chi connectivity index (χ1n) is 9.95. The number of anilines is 2. The largest absolute Gasteiger partial charge is 0.416 e.